The van der Waals surface area contributed by atoms with Crippen molar-refractivity contribution in [2.24, 2.45) is 52.3 Å². The Hall–Kier alpha value is -0.900. The second kappa shape index (κ2) is 27.2. The summed E-state index contributed by atoms with van der Waals surface area (Å²) >= 11 is 0. The first-order chi connectivity index (χ1) is 28.1. The Morgan fingerprint density at radius 2 is 1.40 bits per heavy atom. The van der Waals surface area contributed by atoms with Crippen LogP contribution in [-0.4, -0.2) is 38.6 Å². The molecule has 0 radical (unpaired) electrons. The summed E-state index contributed by atoms with van der Waals surface area (Å²) in [6, 6.07) is 0. The summed E-state index contributed by atoms with van der Waals surface area (Å²) in [6.07, 6.45) is 46.7. The number of hydrogen-bond acceptors (Lipinski definition) is 3. The average Bonchev–Trinajstić information content (AvgIpc) is 3.56. The van der Waals surface area contributed by atoms with E-state index in [1.54, 1.807) is 5.57 Å². The molecule has 4 aliphatic rings. The summed E-state index contributed by atoms with van der Waals surface area (Å²) in [5.41, 5.74) is 2.73. The van der Waals surface area contributed by atoms with Gasteiger partial charge in [0.15, 0.2) is 0 Å². The number of unbranched alkanes of at least 4 members (excludes halogenated alkanes) is 9. The third kappa shape index (κ3) is 16.1. The highest BCUT2D eigenvalue weighted by Gasteiger charge is 2.59. The zero-order valence-electron chi connectivity index (χ0n) is 40.0. The number of ether oxygens (including phenoxy) is 3. The van der Waals surface area contributed by atoms with Crippen molar-refractivity contribution >= 4 is 0 Å². The van der Waals surface area contributed by atoms with Gasteiger partial charge in [0.2, 0.25) is 0 Å². The standard InChI is InChI=1S/C55H98O3/c1-9-10-11-12-13-14-15-16-17-18-19-20-21-22-23-24-39-56-43-49(31-29-45(4)5)58-41-26-40-57-48-35-37-54(7)47(42-48)30-32-50-52-34-33-51(46(6)28-25-27-44(2)3)55(52,8)38-36-53(50)54/h13-14,16-17,30,44-46,48-53H,9-12,15,18-29,31-43H2,1-8H3/b14-13-,17-16-/t46?,48-,49?,50?,51?,52?,53?,54-,55+/m0/s1. The fourth-order valence-corrected chi connectivity index (χ4v) is 12.5. The van der Waals surface area contributed by atoms with Crippen LogP contribution in [0.4, 0.5) is 0 Å². The summed E-state index contributed by atoms with van der Waals surface area (Å²) in [7, 11) is 0. The lowest BCUT2D eigenvalue weighted by Crippen LogP contribution is -2.51. The maximum atomic E-state index is 6.61. The van der Waals surface area contributed by atoms with Crippen molar-refractivity contribution in [1.82, 2.24) is 0 Å². The van der Waals surface area contributed by atoms with E-state index < -0.39 is 0 Å². The number of allylic oxidation sites excluding steroid dienone is 5. The highest BCUT2D eigenvalue weighted by molar-refractivity contribution is 5.25. The first kappa shape index (κ1) is 49.8. The maximum Gasteiger partial charge on any atom is 0.0808 e. The molecule has 4 rings (SSSR count). The molecular formula is C55H98O3. The van der Waals surface area contributed by atoms with Crippen LogP contribution in [0.25, 0.3) is 0 Å². The Morgan fingerprint density at radius 3 is 2.14 bits per heavy atom. The van der Waals surface area contributed by atoms with Crippen molar-refractivity contribution in [2.45, 2.75) is 235 Å². The van der Waals surface area contributed by atoms with Crippen LogP contribution in [0.1, 0.15) is 222 Å². The first-order valence-corrected chi connectivity index (χ1v) is 25.9. The summed E-state index contributed by atoms with van der Waals surface area (Å²) in [4.78, 5) is 0. The quantitative estimate of drug-likeness (QED) is 0.0516. The molecule has 0 aromatic carbocycles. The molecule has 58 heavy (non-hydrogen) atoms. The van der Waals surface area contributed by atoms with Crippen molar-refractivity contribution in [3.8, 4) is 0 Å². The summed E-state index contributed by atoms with van der Waals surface area (Å²) in [5.74, 6) is 6.12. The largest absolute Gasteiger partial charge is 0.379 e. The Balaban J connectivity index is 1.07. The minimum atomic E-state index is 0.211. The van der Waals surface area contributed by atoms with E-state index in [2.05, 4.69) is 85.8 Å². The topological polar surface area (TPSA) is 27.7 Å². The molecule has 0 bridgehead atoms. The molecule has 336 valence electrons. The van der Waals surface area contributed by atoms with E-state index in [1.165, 1.54) is 141 Å². The van der Waals surface area contributed by atoms with Gasteiger partial charge in [0.05, 0.1) is 18.8 Å². The highest BCUT2D eigenvalue weighted by atomic mass is 16.5. The molecule has 4 aliphatic carbocycles. The zero-order valence-corrected chi connectivity index (χ0v) is 40.0. The van der Waals surface area contributed by atoms with Gasteiger partial charge in [-0.25, -0.2) is 0 Å². The van der Waals surface area contributed by atoms with Crippen LogP contribution in [0.15, 0.2) is 36.0 Å². The van der Waals surface area contributed by atoms with Crippen LogP contribution in [-0.2, 0) is 14.2 Å². The average molecular weight is 807 g/mol. The lowest BCUT2D eigenvalue weighted by Gasteiger charge is -2.58. The Kier molecular flexibility index (Phi) is 23.4. The van der Waals surface area contributed by atoms with Crippen LogP contribution in [0.5, 0.6) is 0 Å². The van der Waals surface area contributed by atoms with Crippen LogP contribution < -0.4 is 0 Å². The molecule has 0 N–H and O–H groups in total. The molecule has 0 aromatic heterocycles. The van der Waals surface area contributed by atoms with Gasteiger partial charge in [-0.3, -0.25) is 0 Å². The second-order valence-corrected chi connectivity index (χ2v) is 21.5. The van der Waals surface area contributed by atoms with Crippen LogP contribution in [0.2, 0.25) is 0 Å². The van der Waals surface area contributed by atoms with Gasteiger partial charge in [-0.05, 0) is 161 Å². The lowest BCUT2D eigenvalue weighted by atomic mass is 9.47. The normalized spacial score (nSPS) is 29.6. The third-order valence-corrected chi connectivity index (χ3v) is 16.1. The van der Waals surface area contributed by atoms with Crippen molar-refractivity contribution in [1.29, 1.82) is 0 Å². The molecule has 0 heterocycles. The summed E-state index contributed by atoms with van der Waals surface area (Å²) in [5, 5.41) is 0. The van der Waals surface area contributed by atoms with Gasteiger partial charge < -0.3 is 14.2 Å². The Bertz CT molecular complexity index is 1170. The van der Waals surface area contributed by atoms with E-state index in [1.807, 2.05) is 0 Å². The molecule has 3 fully saturated rings. The third-order valence-electron chi connectivity index (χ3n) is 16.1. The van der Waals surface area contributed by atoms with Crippen molar-refractivity contribution in [3.63, 3.8) is 0 Å². The molecular weight excluding hydrogens is 709 g/mol. The van der Waals surface area contributed by atoms with Crippen molar-refractivity contribution in [3.05, 3.63) is 36.0 Å². The lowest BCUT2D eigenvalue weighted by molar-refractivity contribution is -0.0670. The van der Waals surface area contributed by atoms with E-state index in [4.69, 9.17) is 14.2 Å². The molecule has 0 spiro atoms. The van der Waals surface area contributed by atoms with E-state index in [0.29, 0.717) is 22.9 Å². The molecule has 6 unspecified atom stereocenters. The SMILES string of the molecule is CCCCC/C=C\C/C=C\CCCCCCCCOCC(CCC(C)C)OCCCO[C@H]1CC[C@@]2(C)C(=CCC3C4CCC(C(C)CCCC(C)C)[C@@]4(C)CCC32)C1. The molecule has 3 saturated carbocycles. The number of rotatable bonds is 31. The minimum Gasteiger partial charge on any atom is -0.379 e. The number of fused-ring (bicyclic) bond motifs is 5. The van der Waals surface area contributed by atoms with Crippen molar-refractivity contribution in [2.75, 3.05) is 26.4 Å². The van der Waals surface area contributed by atoms with Gasteiger partial charge in [-0.2, -0.15) is 0 Å². The molecule has 0 saturated heterocycles. The van der Waals surface area contributed by atoms with E-state index in [9.17, 15) is 0 Å². The fraction of sp³-hybridized carbons (Fsp3) is 0.891. The van der Waals surface area contributed by atoms with Gasteiger partial charge in [-0.15, -0.1) is 0 Å². The second-order valence-electron chi connectivity index (χ2n) is 21.5. The molecule has 9 atom stereocenters. The first-order valence-electron chi connectivity index (χ1n) is 25.9. The summed E-state index contributed by atoms with van der Waals surface area (Å²) < 4.78 is 19.2. The molecule has 3 heteroatoms. The maximum absolute atomic E-state index is 6.61. The van der Waals surface area contributed by atoms with Crippen LogP contribution in [0.3, 0.4) is 0 Å². The van der Waals surface area contributed by atoms with E-state index in [-0.39, 0.29) is 6.10 Å². The minimum absolute atomic E-state index is 0.211. The van der Waals surface area contributed by atoms with Crippen LogP contribution in [0, 0.1) is 52.3 Å². The molecule has 0 aromatic rings. The van der Waals surface area contributed by atoms with Crippen LogP contribution >= 0.6 is 0 Å². The van der Waals surface area contributed by atoms with Gasteiger partial charge in [0, 0.05) is 19.8 Å². The monoisotopic (exact) mass is 807 g/mol. The van der Waals surface area contributed by atoms with Gasteiger partial charge in [0.25, 0.3) is 0 Å². The highest BCUT2D eigenvalue weighted by Crippen LogP contribution is 2.67. The molecule has 3 nitrogen and oxygen atoms in total. The Labute approximate surface area is 362 Å². The Morgan fingerprint density at radius 1 is 0.672 bits per heavy atom. The van der Waals surface area contributed by atoms with E-state index in [0.717, 1.165) is 87.6 Å². The summed E-state index contributed by atoms with van der Waals surface area (Å²) in [6.45, 7) is 22.9. The molecule has 0 amide bonds. The van der Waals surface area contributed by atoms with E-state index >= 15 is 0 Å². The molecule has 0 aliphatic heterocycles. The van der Waals surface area contributed by atoms with Crippen molar-refractivity contribution < 1.29 is 14.2 Å². The van der Waals surface area contributed by atoms with Gasteiger partial charge >= 0.3 is 0 Å². The van der Waals surface area contributed by atoms with Gasteiger partial charge in [-0.1, -0.05) is 149 Å². The predicted molar refractivity (Wildman–Crippen MR) is 251 cm³/mol. The number of hydrogen-bond donors (Lipinski definition) is 0. The smallest absolute Gasteiger partial charge is 0.0808 e. The fourth-order valence-electron chi connectivity index (χ4n) is 12.5. The predicted octanol–water partition coefficient (Wildman–Crippen LogP) is 16.5. The van der Waals surface area contributed by atoms with Gasteiger partial charge in [0.1, 0.15) is 0 Å². The zero-order chi connectivity index (χ0) is 41.6.